The zero-order chi connectivity index (χ0) is 12.8. The molecule has 0 unspecified atom stereocenters. The summed E-state index contributed by atoms with van der Waals surface area (Å²) in [6.45, 7) is 2.67. The normalized spacial score (nSPS) is 11.6. The summed E-state index contributed by atoms with van der Waals surface area (Å²) in [6.07, 6.45) is 0. The molecule has 0 bridgehead atoms. The lowest BCUT2D eigenvalue weighted by molar-refractivity contribution is -0.118. The molecule has 0 heterocycles. The number of benzene rings is 1. The lowest BCUT2D eigenvalue weighted by Gasteiger charge is -2.14. The van der Waals surface area contributed by atoms with Crippen molar-refractivity contribution in [2.75, 3.05) is 0 Å². The molecule has 0 aliphatic carbocycles. The molecule has 1 aromatic carbocycles. The standard InChI is InChI=1S/C12H13NO3S/c1-8(14)13-12(17-9(2)15)11(16)10-6-4-3-5-7-10/h3-7,12H,1-2H3,(H,13,14)/t12-/m1/s1. The van der Waals surface area contributed by atoms with Crippen molar-refractivity contribution in [2.24, 2.45) is 0 Å². The van der Waals surface area contributed by atoms with Crippen LogP contribution in [-0.4, -0.2) is 22.2 Å². The Bertz CT molecular complexity index is 415. The first-order chi connectivity index (χ1) is 8.00. The van der Waals surface area contributed by atoms with E-state index in [0.29, 0.717) is 5.56 Å². The SMILES string of the molecule is CC(=O)N[C@H](SC(C)=O)C(=O)c1ccccc1. The van der Waals surface area contributed by atoms with Crippen LogP contribution >= 0.6 is 11.8 Å². The number of Topliss-reactive ketones (excluding diaryl/α,β-unsaturated/α-hetero) is 1. The van der Waals surface area contributed by atoms with Gasteiger partial charge in [-0.05, 0) is 0 Å². The number of rotatable bonds is 4. The number of thioether (sulfide) groups is 1. The number of carbonyl (C=O) groups is 3. The van der Waals surface area contributed by atoms with Gasteiger partial charge in [-0.15, -0.1) is 0 Å². The van der Waals surface area contributed by atoms with Crippen LogP contribution in [0.1, 0.15) is 24.2 Å². The van der Waals surface area contributed by atoms with Gasteiger partial charge >= 0.3 is 0 Å². The molecule has 1 aromatic rings. The van der Waals surface area contributed by atoms with Gasteiger partial charge in [-0.2, -0.15) is 0 Å². The minimum Gasteiger partial charge on any atom is -0.337 e. The van der Waals surface area contributed by atoms with Crippen molar-refractivity contribution in [3.63, 3.8) is 0 Å². The van der Waals surface area contributed by atoms with E-state index in [2.05, 4.69) is 5.32 Å². The monoisotopic (exact) mass is 251 g/mol. The van der Waals surface area contributed by atoms with Gasteiger partial charge in [0.15, 0.2) is 10.9 Å². The van der Waals surface area contributed by atoms with E-state index in [0.717, 1.165) is 11.8 Å². The number of nitrogens with one attached hydrogen (secondary N) is 1. The maximum absolute atomic E-state index is 12.0. The summed E-state index contributed by atoms with van der Waals surface area (Å²) in [7, 11) is 0. The van der Waals surface area contributed by atoms with E-state index in [1.54, 1.807) is 30.3 Å². The molecule has 1 N–H and O–H groups in total. The summed E-state index contributed by atoms with van der Waals surface area (Å²) in [4.78, 5) is 34.0. The predicted molar refractivity (Wildman–Crippen MR) is 66.6 cm³/mol. The molecule has 0 aromatic heterocycles. The van der Waals surface area contributed by atoms with Crippen molar-refractivity contribution >= 4 is 28.6 Å². The number of amides is 1. The van der Waals surface area contributed by atoms with Crippen LogP contribution in [0, 0.1) is 0 Å². The van der Waals surface area contributed by atoms with Crippen molar-refractivity contribution in [1.82, 2.24) is 5.32 Å². The van der Waals surface area contributed by atoms with Gasteiger partial charge in [0, 0.05) is 19.4 Å². The molecule has 0 spiro atoms. The molecule has 5 heteroatoms. The highest BCUT2D eigenvalue weighted by Gasteiger charge is 2.22. The van der Waals surface area contributed by atoms with Crippen molar-refractivity contribution in [3.05, 3.63) is 35.9 Å². The summed E-state index contributed by atoms with van der Waals surface area (Å²) in [6, 6.07) is 8.56. The minimum atomic E-state index is -0.854. The second-order valence-electron chi connectivity index (χ2n) is 3.42. The Balaban J connectivity index is 2.86. The molecule has 17 heavy (non-hydrogen) atoms. The second kappa shape index (κ2) is 6.20. The van der Waals surface area contributed by atoms with Crippen LogP contribution in [0.3, 0.4) is 0 Å². The van der Waals surface area contributed by atoms with Crippen LogP contribution in [0.25, 0.3) is 0 Å². The molecular formula is C12H13NO3S. The Morgan fingerprint density at radius 2 is 1.71 bits per heavy atom. The molecule has 0 saturated heterocycles. The van der Waals surface area contributed by atoms with Gasteiger partial charge in [0.05, 0.1) is 0 Å². The van der Waals surface area contributed by atoms with Gasteiger partial charge in [0.1, 0.15) is 5.37 Å². The highest BCUT2D eigenvalue weighted by atomic mass is 32.2. The molecule has 1 rings (SSSR count). The van der Waals surface area contributed by atoms with E-state index in [1.807, 2.05) is 0 Å². The largest absolute Gasteiger partial charge is 0.337 e. The Morgan fingerprint density at radius 3 is 2.18 bits per heavy atom. The summed E-state index contributed by atoms with van der Waals surface area (Å²) < 4.78 is 0. The second-order valence-corrected chi connectivity index (χ2v) is 4.70. The fraction of sp³-hybridized carbons (Fsp3) is 0.250. The molecule has 1 amide bonds. The average Bonchev–Trinajstić information content (AvgIpc) is 2.27. The van der Waals surface area contributed by atoms with Crippen LogP contribution in [0.15, 0.2) is 30.3 Å². The van der Waals surface area contributed by atoms with Crippen molar-refractivity contribution in [3.8, 4) is 0 Å². The molecule has 0 fully saturated rings. The summed E-state index contributed by atoms with van der Waals surface area (Å²) in [5, 5.41) is 1.39. The lowest BCUT2D eigenvalue weighted by atomic mass is 10.1. The molecule has 0 aliphatic rings. The lowest BCUT2D eigenvalue weighted by Crippen LogP contribution is -2.37. The maximum Gasteiger partial charge on any atom is 0.218 e. The molecule has 1 atom stereocenters. The molecule has 0 aliphatic heterocycles. The van der Waals surface area contributed by atoms with E-state index in [-0.39, 0.29) is 16.8 Å². The first-order valence-electron chi connectivity index (χ1n) is 5.04. The van der Waals surface area contributed by atoms with Gasteiger partial charge in [-0.1, -0.05) is 42.1 Å². The smallest absolute Gasteiger partial charge is 0.218 e. The quantitative estimate of drug-likeness (QED) is 0.652. The molecular weight excluding hydrogens is 238 g/mol. The predicted octanol–water partition coefficient (Wildman–Crippen LogP) is 1.61. The van der Waals surface area contributed by atoms with Crippen LogP contribution in [0.5, 0.6) is 0 Å². The highest BCUT2D eigenvalue weighted by molar-refractivity contribution is 8.14. The third-order valence-electron chi connectivity index (χ3n) is 1.91. The fourth-order valence-corrected chi connectivity index (χ4v) is 2.05. The van der Waals surface area contributed by atoms with Crippen LogP contribution in [0.2, 0.25) is 0 Å². The topological polar surface area (TPSA) is 63.2 Å². The average molecular weight is 251 g/mol. The fourth-order valence-electron chi connectivity index (χ4n) is 1.25. The van der Waals surface area contributed by atoms with Crippen molar-refractivity contribution < 1.29 is 14.4 Å². The zero-order valence-electron chi connectivity index (χ0n) is 9.60. The number of carbonyl (C=O) groups excluding carboxylic acids is 3. The Labute approximate surface area is 104 Å². The Kier molecular flexibility index (Phi) is 4.90. The number of hydrogen-bond acceptors (Lipinski definition) is 4. The molecule has 4 nitrogen and oxygen atoms in total. The van der Waals surface area contributed by atoms with Crippen LogP contribution < -0.4 is 5.32 Å². The summed E-state index contributed by atoms with van der Waals surface area (Å²) in [5.74, 6) is -0.617. The van der Waals surface area contributed by atoms with Gasteiger partial charge in [-0.3, -0.25) is 14.4 Å². The third kappa shape index (κ3) is 4.40. The van der Waals surface area contributed by atoms with Gasteiger partial charge in [-0.25, -0.2) is 0 Å². The molecule has 0 radical (unpaired) electrons. The van der Waals surface area contributed by atoms with E-state index in [1.165, 1.54) is 13.8 Å². The number of ketones is 1. The van der Waals surface area contributed by atoms with Crippen LogP contribution in [0.4, 0.5) is 0 Å². The maximum atomic E-state index is 12.0. The zero-order valence-corrected chi connectivity index (χ0v) is 10.4. The first kappa shape index (κ1) is 13.4. The summed E-state index contributed by atoms with van der Waals surface area (Å²) in [5.41, 5.74) is 0.472. The Morgan fingerprint density at radius 1 is 1.12 bits per heavy atom. The van der Waals surface area contributed by atoms with E-state index >= 15 is 0 Å². The summed E-state index contributed by atoms with van der Waals surface area (Å²) >= 11 is 0.810. The Hall–Kier alpha value is -1.62. The number of hydrogen-bond donors (Lipinski definition) is 1. The van der Waals surface area contributed by atoms with E-state index in [4.69, 9.17) is 0 Å². The van der Waals surface area contributed by atoms with Gasteiger partial charge < -0.3 is 5.32 Å². The van der Waals surface area contributed by atoms with Crippen LogP contribution in [-0.2, 0) is 9.59 Å². The minimum absolute atomic E-state index is 0.215. The van der Waals surface area contributed by atoms with E-state index < -0.39 is 5.37 Å². The molecule has 90 valence electrons. The van der Waals surface area contributed by atoms with E-state index in [9.17, 15) is 14.4 Å². The van der Waals surface area contributed by atoms with Crippen molar-refractivity contribution in [2.45, 2.75) is 19.2 Å². The molecule has 0 saturated carbocycles. The first-order valence-corrected chi connectivity index (χ1v) is 5.92. The van der Waals surface area contributed by atoms with Gasteiger partial charge in [0.2, 0.25) is 5.91 Å². The van der Waals surface area contributed by atoms with Crippen molar-refractivity contribution in [1.29, 1.82) is 0 Å². The third-order valence-corrected chi connectivity index (χ3v) is 2.81. The highest BCUT2D eigenvalue weighted by Crippen LogP contribution is 2.15. The van der Waals surface area contributed by atoms with Gasteiger partial charge in [0.25, 0.3) is 0 Å².